The Balaban J connectivity index is 0.955. The van der Waals surface area contributed by atoms with Crippen LogP contribution in [0.4, 0.5) is 68.2 Å². The van der Waals surface area contributed by atoms with Crippen LogP contribution in [0.25, 0.3) is 0 Å². The molecule has 0 saturated heterocycles. The molecule has 0 amide bonds. The minimum absolute atomic E-state index is 0.830. The van der Waals surface area contributed by atoms with Crippen molar-refractivity contribution in [2.24, 2.45) is 20.0 Å². The van der Waals surface area contributed by atoms with E-state index in [9.17, 15) is 0 Å². The molecular weight excluding hydrogens is 1550 g/mol. The summed E-state index contributed by atoms with van der Waals surface area (Å²) in [5, 5.41) is 3.41. The Labute approximate surface area is 731 Å². The molecule has 1 aliphatic rings. The molecule has 0 N–H and O–H groups in total. The van der Waals surface area contributed by atoms with Gasteiger partial charge >= 0.3 is 0 Å². The van der Waals surface area contributed by atoms with Gasteiger partial charge < -0.3 is 19.6 Å². The van der Waals surface area contributed by atoms with Crippen LogP contribution in [0.1, 0.15) is 99.3 Å². The Morgan fingerprint density at radius 3 is 0.533 bits per heavy atom. The molecule has 1 aliphatic heterocycles. The smallest absolute Gasteiger partial charge is 0.174 e. The molecule has 612 valence electrons. The first kappa shape index (κ1) is 86.4. The summed E-state index contributed by atoms with van der Waals surface area (Å²) in [4.78, 5) is 42.4. The van der Waals surface area contributed by atoms with Crippen LogP contribution in [-0.4, -0.2) is 71.9 Å². The number of anilines is 8. The quantitative estimate of drug-likeness (QED) is 0.0925. The topological polar surface area (TPSA) is 75.4 Å². The number of hydrogen-bond donors (Lipinski definition) is 0. The van der Waals surface area contributed by atoms with Gasteiger partial charge in [0.05, 0.1) is 22.7 Å². The van der Waals surface area contributed by atoms with Gasteiger partial charge in [-0.05, 0) is 199 Å². The maximum Gasteiger partial charge on any atom is 0.174 e. The van der Waals surface area contributed by atoms with Gasteiger partial charge in [-0.3, -0.25) is 19.6 Å². The van der Waals surface area contributed by atoms with Crippen molar-refractivity contribution in [3.63, 3.8) is 0 Å². The molecule has 16 heteroatoms. The van der Waals surface area contributed by atoms with E-state index in [2.05, 4.69) is 435 Å². The third-order valence-electron chi connectivity index (χ3n) is 21.0. The maximum absolute atomic E-state index is 5.82. The molecule has 0 bridgehead atoms. The highest BCUT2D eigenvalue weighted by molar-refractivity contribution is 8.15. The van der Waals surface area contributed by atoms with E-state index in [-0.39, 0.29) is 0 Å². The van der Waals surface area contributed by atoms with Crippen LogP contribution in [0.2, 0.25) is 0 Å². The second-order valence-electron chi connectivity index (χ2n) is 30.1. The van der Waals surface area contributed by atoms with E-state index < -0.39 is 0 Å². The lowest BCUT2D eigenvalue weighted by Crippen LogP contribution is -2.46. The zero-order chi connectivity index (χ0) is 83.0. The number of para-hydroxylation sites is 8. The molecule has 12 aromatic rings. The van der Waals surface area contributed by atoms with Gasteiger partial charge in [0.1, 0.15) is 0 Å². The predicted molar refractivity (Wildman–Crippen MR) is 527 cm³/mol. The predicted octanol–water partition coefficient (Wildman–Crippen LogP) is 28.4. The van der Waals surface area contributed by atoms with Crippen LogP contribution < -0.4 is 39.2 Å². The Bertz CT molecular complexity index is 4630. The highest BCUT2D eigenvalue weighted by atomic mass is 32.2. The van der Waals surface area contributed by atoms with Crippen LogP contribution in [-0.2, 0) is 0 Å². The second kappa shape index (κ2) is 45.1. The third-order valence-corrected chi connectivity index (χ3v) is 25.1. The Morgan fingerprint density at radius 2 is 0.358 bits per heavy atom. The summed E-state index contributed by atoms with van der Waals surface area (Å²) in [6, 6.07) is 121. The van der Waals surface area contributed by atoms with Crippen LogP contribution in [0.15, 0.2) is 383 Å². The summed E-state index contributed by atoms with van der Waals surface area (Å²) in [6.45, 7) is 8.68. The second-order valence-corrected chi connectivity index (χ2v) is 34.4. The third kappa shape index (κ3) is 24.0. The lowest BCUT2D eigenvalue weighted by atomic mass is 10.1. The van der Waals surface area contributed by atoms with E-state index in [0.29, 0.717) is 0 Å². The molecular formula is C104H112N12S4. The highest BCUT2D eigenvalue weighted by Crippen LogP contribution is 2.43. The van der Waals surface area contributed by atoms with Crippen molar-refractivity contribution in [2.75, 3.05) is 90.4 Å². The molecule has 0 atom stereocenters. The molecule has 0 aromatic heterocycles. The van der Waals surface area contributed by atoms with Gasteiger partial charge in [0, 0.05) is 96.7 Å². The SMILES string of the molecule is Cc1ccc(N2C(=Nc3ccccc3)SCCCCCCCCSC(=Nc3ccccc3)N(c3ccc(C)cc3)C(N(C)c3ccccc3)=C(N(C)c3ccccc3)N(c3ccc(C)cc3)C(=Nc3ccccc3)SCCCCCCCCSC(=Nc3ccccc3)N(c3ccc(C)cc3)C(N(C)c3ccccc3)=C2N(C)c2ccccc2)cc1. The van der Waals surface area contributed by atoms with Gasteiger partial charge in [-0.15, -0.1) is 0 Å². The van der Waals surface area contributed by atoms with Gasteiger partial charge in [0.15, 0.2) is 44.0 Å². The van der Waals surface area contributed by atoms with E-state index in [1.807, 2.05) is 47.0 Å². The minimum atomic E-state index is 0.830. The van der Waals surface area contributed by atoms with Crippen molar-refractivity contribution in [3.8, 4) is 0 Å². The van der Waals surface area contributed by atoms with Crippen molar-refractivity contribution in [2.45, 2.75) is 105 Å². The van der Waals surface area contributed by atoms with Crippen molar-refractivity contribution < 1.29 is 0 Å². The average molecular weight is 1660 g/mol. The number of aryl methyl sites for hydroxylation is 4. The first-order valence-electron chi connectivity index (χ1n) is 42.1. The van der Waals surface area contributed by atoms with Crippen LogP contribution in [0.3, 0.4) is 0 Å². The Kier molecular flexibility index (Phi) is 32.5. The van der Waals surface area contributed by atoms with E-state index >= 15 is 0 Å². The molecule has 0 spiro atoms. The van der Waals surface area contributed by atoms with Gasteiger partial charge in [-0.25, -0.2) is 20.0 Å². The minimum Gasteiger partial charge on any atom is -0.327 e. The van der Waals surface area contributed by atoms with Crippen molar-refractivity contribution in [1.29, 1.82) is 0 Å². The van der Waals surface area contributed by atoms with E-state index in [1.54, 1.807) is 0 Å². The number of hydrogen-bond acceptors (Lipinski definition) is 12. The molecule has 12 aromatic carbocycles. The summed E-state index contributed by atoms with van der Waals surface area (Å²) in [5.41, 5.74) is 16.1. The fraction of sp³-hybridized carbons (Fsp3) is 0.231. The van der Waals surface area contributed by atoms with Crippen LogP contribution in [0, 0.1) is 27.7 Å². The monoisotopic (exact) mass is 1660 g/mol. The van der Waals surface area contributed by atoms with Gasteiger partial charge in [-0.2, -0.15) is 0 Å². The normalized spacial score (nSPS) is 16.3. The number of amidine groups is 4. The molecule has 120 heavy (non-hydrogen) atoms. The molecule has 0 saturated carbocycles. The first-order valence-corrected chi connectivity index (χ1v) is 46.0. The molecule has 0 radical (unpaired) electrons. The molecule has 0 aliphatic carbocycles. The number of benzene rings is 12. The number of thioether (sulfide) groups is 4. The molecule has 1 heterocycles. The van der Waals surface area contributed by atoms with E-state index in [0.717, 1.165) is 212 Å². The number of nitrogens with zero attached hydrogens (tertiary/aromatic N) is 12. The fourth-order valence-electron chi connectivity index (χ4n) is 14.3. The summed E-state index contributed by atoms with van der Waals surface area (Å²) < 4.78 is 0. The molecule has 12 nitrogen and oxygen atoms in total. The highest BCUT2D eigenvalue weighted by Gasteiger charge is 2.38. The number of rotatable bonds is 16. The lowest BCUT2D eigenvalue weighted by Gasteiger charge is -2.42. The fourth-order valence-corrected chi connectivity index (χ4v) is 18.4. The Morgan fingerprint density at radius 1 is 0.200 bits per heavy atom. The number of aliphatic imine (C=N–C) groups is 4. The van der Waals surface area contributed by atoms with Gasteiger partial charge in [0.25, 0.3) is 0 Å². The summed E-state index contributed by atoms with van der Waals surface area (Å²) in [6.07, 6.45) is 12.5. The summed E-state index contributed by atoms with van der Waals surface area (Å²) in [5.74, 6) is 6.87. The van der Waals surface area contributed by atoms with E-state index in [4.69, 9.17) is 20.0 Å². The first-order chi connectivity index (χ1) is 58.9. The van der Waals surface area contributed by atoms with Gasteiger partial charge in [-0.1, -0.05) is 315 Å². The van der Waals surface area contributed by atoms with E-state index in [1.165, 1.54) is 22.3 Å². The van der Waals surface area contributed by atoms with Crippen molar-refractivity contribution in [3.05, 3.63) is 385 Å². The summed E-state index contributed by atoms with van der Waals surface area (Å²) >= 11 is 7.30. The maximum atomic E-state index is 5.82. The average Bonchev–Trinajstić information content (AvgIpc) is 0.758. The Hall–Kier alpha value is -11.4. The largest absolute Gasteiger partial charge is 0.327 e. The molecule has 0 fully saturated rings. The molecule has 0 unspecified atom stereocenters. The zero-order valence-electron chi connectivity index (χ0n) is 70.6. The van der Waals surface area contributed by atoms with Crippen molar-refractivity contribution in [1.82, 2.24) is 0 Å². The lowest BCUT2D eigenvalue weighted by molar-refractivity contribution is 0.629. The standard InChI is InChI=1S/C104H112N12S4/c1-81-61-69-93(70-62-81)113-97(109(5)89-53-33-21-34-54-89)98(110(6)90-55-35-22-36-56-90)114(94-71-63-82(2)64-72-94)102(106-86-47-27-18-28-48-86)118-78-42-15-11-12-16-44-80-120-104(108-88-51-31-20-32-52-88)116(96-75-67-84(4)68-76-96)100(112(8)92-59-39-24-40-60-92)99(111(7)91-57-37-23-38-58-91)115(95-73-65-83(3)66-74-95)103(107-87-49-29-19-30-50-87)119-79-43-14-10-9-13-41-77-117-101(113)105-85-45-25-17-26-46-85/h17-40,45-76H,9-16,41-44,77-80H2,1-8H3. The van der Waals surface area contributed by atoms with Crippen LogP contribution in [0.5, 0.6) is 0 Å². The summed E-state index contributed by atoms with van der Waals surface area (Å²) in [7, 11) is 8.85. The molecule has 13 rings (SSSR count). The van der Waals surface area contributed by atoms with Crippen molar-refractivity contribution >= 4 is 136 Å². The van der Waals surface area contributed by atoms with Crippen LogP contribution >= 0.6 is 47.0 Å². The van der Waals surface area contributed by atoms with Gasteiger partial charge in [0.2, 0.25) is 0 Å². The zero-order valence-corrected chi connectivity index (χ0v) is 73.9.